The summed E-state index contributed by atoms with van der Waals surface area (Å²) in [6.07, 6.45) is 0. The van der Waals surface area contributed by atoms with Crippen LogP contribution in [-0.4, -0.2) is 35.1 Å². The summed E-state index contributed by atoms with van der Waals surface area (Å²) < 4.78 is 49.9. The van der Waals surface area contributed by atoms with Gasteiger partial charge in [0.1, 0.15) is 11.1 Å². The number of methoxy groups -OCH3 is 2. The van der Waals surface area contributed by atoms with E-state index >= 15 is 0 Å². The van der Waals surface area contributed by atoms with Gasteiger partial charge in [-0.25, -0.2) is 12.8 Å². The minimum Gasteiger partial charge on any atom is -0.493 e. The average molecular weight is 450 g/mol. The van der Waals surface area contributed by atoms with Crippen molar-refractivity contribution < 1.29 is 27.1 Å². The summed E-state index contributed by atoms with van der Waals surface area (Å²) >= 11 is 1.27. The van der Waals surface area contributed by atoms with Gasteiger partial charge < -0.3 is 14.8 Å². The van der Waals surface area contributed by atoms with Gasteiger partial charge in [0.05, 0.1) is 19.1 Å². The van der Waals surface area contributed by atoms with Gasteiger partial charge in [-0.05, 0) is 53.9 Å². The van der Waals surface area contributed by atoms with Crippen LogP contribution in [0, 0.1) is 5.82 Å². The molecular weight excluding hydrogens is 429 g/mol. The third-order valence-corrected chi connectivity index (χ3v) is 7.71. The maximum atomic E-state index is 13.2. The fraction of sp³-hybridized carbons (Fsp3) is 0.190. The summed E-state index contributed by atoms with van der Waals surface area (Å²) in [7, 11) is -0.908. The van der Waals surface area contributed by atoms with E-state index < -0.39 is 26.8 Å². The lowest BCUT2D eigenvalue weighted by molar-refractivity contribution is 0.0953. The Kier molecular flexibility index (Phi) is 6.73. The summed E-state index contributed by atoms with van der Waals surface area (Å²) in [5, 5.41) is 3.44. The monoisotopic (exact) mass is 449 g/mol. The van der Waals surface area contributed by atoms with Crippen molar-refractivity contribution in [2.75, 3.05) is 20.8 Å². The van der Waals surface area contributed by atoms with Crippen molar-refractivity contribution >= 4 is 27.1 Å². The molecule has 6 nitrogen and oxygen atoms in total. The van der Waals surface area contributed by atoms with Crippen LogP contribution in [-0.2, 0) is 9.84 Å². The first-order chi connectivity index (χ1) is 14.4. The molecule has 158 valence electrons. The number of amides is 1. The van der Waals surface area contributed by atoms with Crippen LogP contribution in [0.4, 0.5) is 4.39 Å². The Morgan fingerprint density at radius 1 is 1.07 bits per heavy atom. The summed E-state index contributed by atoms with van der Waals surface area (Å²) in [6, 6.07) is 12.8. The molecule has 0 fully saturated rings. The summed E-state index contributed by atoms with van der Waals surface area (Å²) in [4.78, 5) is 13.2. The van der Waals surface area contributed by atoms with Gasteiger partial charge >= 0.3 is 0 Å². The number of thiophene rings is 1. The van der Waals surface area contributed by atoms with Gasteiger partial charge in [0, 0.05) is 17.0 Å². The molecule has 0 saturated carbocycles. The zero-order valence-electron chi connectivity index (χ0n) is 16.3. The second-order valence-electron chi connectivity index (χ2n) is 6.28. The molecule has 3 rings (SSSR count). The third kappa shape index (κ3) is 4.63. The molecule has 2 aromatic carbocycles. The van der Waals surface area contributed by atoms with Crippen LogP contribution in [0.25, 0.3) is 0 Å². The van der Waals surface area contributed by atoms with Crippen LogP contribution in [0.15, 0.2) is 64.9 Å². The van der Waals surface area contributed by atoms with Crippen molar-refractivity contribution in [3.05, 3.63) is 76.2 Å². The Bertz CT molecular complexity index is 1110. The molecule has 0 spiro atoms. The Labute approximate surface area is 178 Å². The topological polar surface area (TPSA) is 81.7 Å². The number of rotatable bonds is 8. The van der Waals surface area contributed by atoms with E-state index in [4.69, 9.17) is 9.47 Å². The standard InChI is InChI=1S/C21H20FNO5S2/c1-27-17-10-5-14(12-18(17)28-2)21(24)23-13-20(19-4-3-11-29-19)30(25,26)16-8-6-15(22)7-9-16/h3-12,20H,13H2,1-2H3,(H,23,24)/t20-/m0/s1. The number of hydrogen-bond donors (Lipinski definition) is 1. The lowest BCUT2D eigenvalue weighted by atomic mass is 10.2. The second-order valence-corrected chi connectivity index (χ2v) is 9.39. The SMILES string of the molecule is COc1ccc(C(=O)NC[C@@H](c2cccs2)S(=O)(=O)c2ccc(F)cc2)cc1OC. The number of hydrogen-bond acceptors (Lipinski definition) is 6. The number of halogens is 1. The molecule has 1 heterocycles. The van der Waals surface area contributed by atoms with E-state index in [1.165, 1.54) is 43.8 Å². The highest BCUT2D eigenvalue weighted by Gasteiger charge is 2.30. The van der Waals surface area contributed by atoms with Gasteiger partial charge in [-0.2, -0.15) is 0 Å². The lowest BCUT2D eigenvalue weighted by Gasteiger charge is -2.18. The van der Waals surface area contributed by atoms with Crippen molar-refractivity contribution in [2.45, 2.75) is 10.1 Å². The molecule has 0 aliphatic carbocycles. The Balaban J connectivity index is 1.85. The van der Waals surface area contributed by atoms with Crippen LogP contribution in [0.2, 0.25) is 0 Å². The highest BCUT2D eigenvalue weighted by atomic mass is 32.2. The predicted molar refractivity (Wildman–Crippen MR) is 113 cm³/mol. The van der Waals surface area contributed by atoms with Crippen molar-refractivity contribution in [2.24, 2.45) is 0 Å². The zero-order chi connectivity index (χ0) is 21.7. The van der Waals surface area contributed by atoms with Crippen LogP contribution in [0.5, 0.6) is 11.5 Å². The maximum absolute atomic E-state index is 13.2. The molecule has 1 atom stereocenters. The van der Waals surface area contributed by atoms with Gasteiger partial charge in [0.25, 0.3) is 5.91 Å². The largest absolute Gasteiger partial charge is 0.493 e. The van der Waals surface area contributed by atoms with E-state index in [9.17, 15) is 17.6 Å². The first-order valence-corrected chi connectivity index (χ1v) is 11.3. The summed E-state index contributed by atoms with van der Waals surface area (Å²) in [5.41, 5.74) is 0.303. The second kappa shape index (κ2) is 9.27. The van der Waals surface area contributed by atoms with Crippen molar-refractivity contribution in [3.63, 3.8) is 0 Å². The minimum atomic E-state index is -3.86. The van der Waals surface area contributed by atoms with E-state index in [1.54, 1.807) is 29.6 Å². The highest BCUT2D eigenvalue weighted by molar-refractivity contribution is 7.91. The highest BCUT2D eigenvalue weighted by Crippen LogP contribution is 2.32. The van der Waals surface area contributed by atoms with Crippen molar-refractivity contribution in [3.8, 4) is 11.5 Å². The Morgan fingerprint density at radius 3 is 2.37 bits per heavy atom. The number of benzene rings is 2. The van der Waals surface area contributed by atoms with Crippen LogP contribution in [0.1, 0.15) is 20.5 Å². The smallest absolute Gasteiger partial charge is 0.251 e. The molecule has 0 aliphatic rings. The number of ether oxygens (including phenoxy) is 2. The Hall–Kier alpha value is -2.91. The van der Waals surface area contributed by atoms with Gasteiger partial charge in [-0.3, -0.25) is 4.79 Å². The summed E-state index contributed by atoms with van der Waals surface area (Å²) in [6.45, 7) is -0.145. The lowest BCUT2D eigenvalue weighted by Crippen LogP contribution is -2.31. The predicted octanol–water partition coefficient (Wildman–Crippen LogP) is 3.85. The fourth-order valence-corrected chi connectivity index (χ4v) is 5.68. The molecule has 0 radical (unpaired) electrons. The molecule has 1 amide bonds. The molecular formula is C21H20FNO5S2. The van der Waals surface area contributed by atoms with Gasteiger partial charge in [-0.15, -0.1) is 11.3 Å². The molecule has 3 aromatic rings. The first kappa shape index (κ1) is 21.8. The number of carbonyl (C=O) groups is 1. The van der Waals surface area contributed by atoms with Crippen LogP contribution in [0.3, 0.4) is 0 Å². The van der Waals surface area contributed by atoms with Crippen molar-refractivity contribution in [1.29, 1.82) is 0 Å². The molecule has 0 aliphatic heterocycles. The molecule has 9 heteroatoms. The molecule has 30 heavy (non-hydrogen) atoms. The van der Waals surface area contributed by atoms with E-state index in [1.807, 2.05) is 0 Å². The van der Waals surface area contributed by atoms with E-state index in [0.717, 1.165) is 12.1 Å². The molecule has 0 saturated heterocycles. The van der Waals surface area contributed by atoms with Gasteiger partial charge in [0.2, 0.25) is 0 Å². The minimum absolute atomic E-state index is 0.0114. The number of carbonyl (C=O) groups excluding carboxylic acids is 1. The molecule has 1 N–H and O–H groups in total. The van der Waals surface area contributed by atoms with Gasteiger partial charge in [0.15, 0.2) is 21.3 Å². The van der Waals surface area contributed by atoms with Crippen LogP contribution >= 0.6 is 11.3 Å². The molecule has 1 aromatic heterocycles. The molecule has 0 bridgehead atoms. The fourth-order valence-electron chi connectivity index (χ4n) is 2.89. The quantitative estimate of drug-likeness (QED) is 0.529. The normalized spacial score (nSPS) is 12.2. The summed E-state index contributed by atoms with van der Waals surface area (Å²) in [5.74, 6) is -0.113. The first-order valence-electron chi connectivity index (χ1n) is 8.90. The average Bonchev–Trinajstić information content (AvgIpc) is 3.27. The zero-order valence-corrected chi connectivity index (χ0v) is 17.9. The third-order valence-electron chi connectivity index (χ3n) is 4.47. The Morgan fingerprint density at radius 2 is 1.77 bits per heavy atom. The van der Waals surface area contributed by atoms with Crippen molar-refractivity contribution in [1.82, 2.24) is 5.32 Å². The van der Waals surface area contributed by atoms with E-state index in [0.29, 0.717) is 21.9 Å². The van der Waals surface area contributed by atoms with E-state index in [2.05, 4.69) is 5.32 Å². The van der Waals surface area contributed by atoms with Gasteiger partial charge in [-0.1, -0.05) is 6.07 Å². The van der Waals surface area contributed by atoms with E-state index in [-0.39, 0.29) is 11.4 Å². The van der Waals surface area contributed by atoms with Crippen LogP contribution < -0.4 is 14.8 Å². The maximum Gasteiger partial charge on any atom is 0.251 e. The number of nitrogens with one attached hydrogen (secondary N) is 1. The molecule has 0 unspecified atom stereocenters. The number of sulfone groups is 1.